The van der Waals surface area contributed by atoms with Crippen molar-refractivity contribution in [1.29, 1.82) is 0 Å². The SMILES string of the molecule is CCc1cccc(CN=C(N)Nc2cc(C)ccc2Cl)c1. The molecule has 0 saturated heterocycles. The Morgan fingerprint density at radius 1 is 1.19 bits per heavy atom. The molecule has 0 atom stereocenters. The Bertz CT molecular complexity index is 650. The second-order valence-electron chi connectivity index (χ2n) is 4.98. The lowest BCUT2D eigenvalue weighted by atomic mass is 10.1. The Hall–Kier alpha value is -2.00. The highest BCUT2D eigenvalue weighted by atomic mass is 35.5. The van der Waals surface area contributed by atoms with Crippen LogP contribution < -0.4 is 11.1 Å². The van der Waals surface area contributed by atoms with Crippen molar-refractivity contribution in [3.05, 3.63) is 64.2 Å². The van der Waals surface area contributed by atoms with E-state index in [9.17, 15) is 0 Å². The van der Waals surface area contributed by atoms with Gasteiger partial charge in [0.2, 0.25) is 0 Å². The largest absolute Gasteiger partial charge is 0.370 e. The van der Waals surface area contributed by atoms with Gasteiger partial charge >= 0.3 is 0 Å². The summed E-state index contributed by atoms with van der Waals surface area (Å²) >= 11 is 6.12. The van der Waals surface area contributed by atoms with Crippen LogP contribution in [0.2, 0.25) is 5.02 Å². The first-order chi connectivity index (χ1) is 10.1. The zero-order valence-electron chi connectivity index (χ0n) is 12.4. The van der Waals surface area contributed by atoms with Crippen LogP contribution in [0.1, 0.15) is 23.6 Å². The van der Waals surface area contributed by atoms with E-state index in [1.165, 1.54) is 5.56 Å². The number of halogens is 1. The van der Waals surface area contributed by atoms with Gasteiger partial charge in [0.15, 0.2) is 5.96 Å². The Morgan fingerprint density at radius 2 is 1.95 bits per heavy atom. The van der Waals surface area contributed by atoms with E-state index in [0.717, 1.165) is 23.2 Å². The van der Waals surface area contributed by atoms with Gasteiger partial charge in [-0.2, -0.15) is 0 Å². The Labute approximate surface area is 130 Å². The Kier molecular flexibility index (Phi) is 5.23. The summed E-state index contributed by atoms with van der Waals surface area (Å²) in [6, 6.07) is 14.1. The maximum Gasteiger partial charge on any atom is 0.193 e. The van der Waals surface area contributed by atoms with Crippen molar-refractivity contribution in [3.63, 3.8) is 0 Å². The van der Waals surface area contributed by atoms with E-state index in [1.807, 2.05) is 31.2 Å². The molecule has 21 heavy (non-hydrogen) atoms. The maximum absolute atomic E-state index is 6.12. The third-order valence-corrected chi connectivity index (χ3v) is 3.55. The minimum absolute atomic E-state index is 0.365. The van der Waals surface area contributed by atoms with Crippen LogP contribution in [-0.2, 0) is 13.0 Å². The number of rotatable bonds is 4. The first kappa shape index (κ1) is 15.4. The van der Waals surface area contributed by atoms with E-state index >= 15 is 0 Å². The molecule has 110 valence electrons. The van der Waals surface area contributed by atoms with Crippen LogP contribution in [0, 0.1) is 6.92 Å². The molecule has 2 aromatic rings. The standard InChI is InChI=1S/C17H20ClN3/c1-3-13-5-4-6-14(10-13)11-20-17(19)21-16-9-12(2)7-8-15(16)18/h4-10H,3,11H2,1-2H3,(H3,19,20,21). The molecule has 0 aliphatic rings. The number of guanidine groups is 1. The summed E-state index contributed by atoms with van der Waals surface area (Å²) < 4.78 is 0. The molecule has 2 aromatic carbocycles. The van der Waals surface area contributed by atoms with Crippen LogP contribution in [0.3, 0.4) is 0 Å². The summed E-state index contributed by atoms with van der Waals surface area (Å²) in [5.41, 5.74) is 10.3. The van der Waals surface area contributed by atoms with Crippen molar-refractivity contribution < 1.29 is 0 Å². The van der Waals surface area contributed by atoms with Crippen molar-refractivity contribution in [2.75, 3.05) is 5.32 Å². The molecule has 0 heterocycles. The summed E-state index contributed by atoms with van der Waals surface area (Å²) in [4.78, 5) is 4.36. The molecule has 4 heteroatoms. The monoisotopic (exact) mass is 301 g/mol. The van der Waals surface area contributed by atoms with E-state index in [0.29, 0.717) is 17.5 Å². The van der Waals surface area contributed by atoms with Gasteiger partial charge in [-0.25, -0.2) is 4.99 Å². The number of aliphatic imine (C=N–C) groups is 1. The Morgan fingerprint density at radius 3 is 2.71 bits per heavy atom. The highest BCUT2D eigenvalue weighted by molar-refractivity contribution is 6.33. The average molecular weight is 302 g/mol. The molecule has 3 N–H and O–H groups in total. The summed E-state index contributed by atoms with van der Waals surface area (Å²) in [6.07, 6.45) is 1.02. The molecule has 0 bridgehead atoms. The minimum Gasteiger partial charge on any atom is -0.370 e. The van der Waals surface area contributed by atoms with Gasteiger partial charge in [-0.1, -0.05) is 48.9 Å². The first-order valence-corrected chi connectivity index (χ1v) is 7.37. The zero-order chi connectivity index (χ0) is 15.2. The zero-order valence-corrected chi connectivity index (χ0v) is 13.1. The number of nitrogens with zero attached hydrogens (tertiary/aromatic N) is 1. The first-order valence-electron chi connectivity index (χ1n) is 6.99. The Balaban J connectivity index is 2.05. The van der Waals surface area contributed by atoms with Gasteiger partial charge in [0.25, 0.3) is 0 Å². The molecule has 2 rings (SSSR count). The highest BCUT2D eigenvalue weighted by Crippen LogP contribution is 2.22. The molecule has 0 radical (unpaired) electrons. The highest BCUT2D eigenvalue weighted by Gasteiger charge is 2.02. The topological polar surface area (TPSA) is 50.4 Å². The van der Waals surface area contributed by atoms with Gasteiger partial charge < -0.3 is 11.1 Å². The van der Waals surface area contributed by atoms with Gasteiger partial charge in [0.05, 0.1) is 17.3 Å². The fraction of sp³-hybridized carbons (Fsp3) is 0.235. The number of hydrogen-bond donors (Lipinski definition) is 2. The van der Waals surface area contributed by atoms with Gasteiger partial charge in [0, 0.05) is 0 Å². The van der Waals surface area contributed by atoms with Crippen LogP contribution in [-0.4, -0.2) is 5.96 Å². The van der Waals surface area contributed by atoms with E-state index in [4.69, 9.17) is 17.3 Å². The van der Waals surface area contributed by atoms with Crippen LogP contribution in [0.5, 0.6) is 0 Å². The number of aryl methyl sites for hydroxylation is 2. The van der Waals surface area contributed by atoms with Gasteiger partial charge in [-0.15, -0.1) is 0 Å². The number of nitrogens with one attached hydrogen (secondary N) is 1. The lowest BCUT2D eigenvalue weighted by Gasteiger charge is -2.09. The summed E-state index contributed by atoms with van der Waals surface area (Å²) in [5, 5.41) is 3.68. The number of hydrogen-bond acceptors (Lipinski definition) is 1. The predicted octanol–water partition coefficient (Wildman–Crippen LogP) is 4.14. The second kappa shape index (κ2) is 7.14. The molecule has 0 amide bonds. The van der Waals surface area contributed by atoms with Crippen LogP contribution in [0.4, 0.5) is 5.69 Å². The molecule has 3 nitrogen and oxygen atoms in total. The van der Waals surface area contributed by atoms with Gasteiger partial charge in [-0.05, 0) is 42.2 Å². The summed E-state index contributed by atoms with van der Waals surface area (Å²) in [6.45, 7) is 4.69. The number of anilines is 1. The third kappa shape index (κ3) is 4.50. The fourth-order valence-corrected chi connectivity index (χ4v) is 2.20. The van der Waals surface area contributed by atoms with E-state index in [1.54, 1.807) is 0 Å². The van der Waals surface area contributed by atoms with Crippen molar-refractivity contribution in [1.82, 2.24) is 0 Å². The molecule has 0 aliphatic carbocycles. The molecule has 0 saturated carbocycles. The molecule has 0 aromatic heterocycles. The molecular weight excluding hydrogens is 282 g/mol. The van der Waals surface area contributed by atoms with Crippen LogP contribution >= 0.6 is 11.6 Å². The lowest BCUT2D eigenvalue weighted by molar-refractivity contribution is 1.04. The summed E-state index contributed by atoms with van der Waals surface area (Å²) in [7, 11) is 0. The van der Waals surface area contributed by atoms with Crippen molar-refractivity contribution in [2.45, 2.75) is 26.8 Å². The van der Waals surface area contributed by atoms with Crippen molar-refractivity contribution >= 4 is 23.2 Å². The molecule has 0 fully saturated rings. The minimum atomic E-state index is 0.365. The van der Waals surface area contributed by atoms with Crippen molar-refractivity contribution in [2.24, 2.45) is 10.7 Å². The fourth-order valence-electron chi connectivity index (χ4n) is 2.04. The lowest BCUT2D eigenvalue weighted by Crippen LogP contribution is -2.22. The number of nitrogens with two attached hydrogens (primary N) is 1. The smallest absolute Gasteiger partial charge is 0.193 e. The third-order valence-electron chi connectivity index (χ3n) is 3.22. The van der Waals surface area contributed by atoms with Gasteiger partial charge in [-0.3, -0.25) is 0 Å². The van der Waals surface area contributed by atoms with Crippen LogP contribution in [0.15, 0.2) is 47.5 Å². The van der Waals surface area contributed by atoms with E-state index < -0.39 is 0 Å². The quantitative estimate of drug-likeness (QED) is 0.659. The van der Waals surface area contributed by atoms with Crippen LogP contribution in [0.25, 0.3) is 0 Å². The maximum atomic E-state index is 6.12. The molecular formula is C17H20ClN3. The normalized spacial score (nSPS) is 11.5. The predicted molar refractivity (Wildman–Crippen MR) is 91.0 cm³/mol. The molecule has 0 unspecified atom stereocenters. The van der Waals surface area contributed by atoms with Gasteiger partial charge in [0.1, 0.15) is 0 Å². The molecule has 0 spiro atoms. The average Bonchev–Trinajstić information content (AvgIpc) is 2.49. The van der Waals surface area contributed by atoms with E-state index in [-0.39, 0.29) is 0 Å². The number of benzene rings is 2. The summed E-state index contributed by atoms with van der Waals surface area (Å²) in [5.74, 6) is 0.365. The molecule has 0 aliphatic heterocycles. The van der Waals surface area contributed by atoms with E-state index in [2.05, 4.69) is 35.4 Å². The van der Waals surface area contributed by atoms with Crippen molar-refractivity contribution in [3.8, 4) is 0 Å². The second-order valence-corrected chi connectivity index (χ2v) is 5.39.